The van der Waals surface area contributed by atoms with Crippen LogP contribution in [0.1, 0.15) is 24.6 Å². The summed E-state index contributed by atoms with van der Waals surface area (Å²) in [4.78, 5) is 6.78. The van der Waals surface area contributed by atoms with E-state index in [0.29, 0.717) is 5.92 Å². The third-order valence-corrected chi connectivity index (χ3v) is 4.20. The van der Waals surface area contributed by atoms with E-state index in [1.165, 1.54) is 11.3 Å². The number of aryl methyl sites for hydroxylation is 2. The molecule has 1 aliphatic rings. The molecular weight excluding hydrogens is 292 g/mol. The summed E-state index contributed by atoms with van der Waals surface area (Å²) in [5, 5.41) is 0. The summed E-state index contributed by atoms with van der Waals surface area (Å²) in [5.41, 5.74) is 5.78. The van der Waals surface area contributed by atoms with Crippen molar-refractivity contribution in [3.8, 4) is 0 Å². The molecule has 0 amide bonds. The smallest absolute Gasteiger partial charge is 0.0642 e. The molecule has 0 spiro atoms. The van der Waals surface area contributed by atoms with Crippen LogP contribution in [0.5, 0.6) is 0 Å². The zero-order valence-electron chi connectivity index (χ0n) is 14.6. The Bertz CT molecular complexity index is 719. The van der Waals surface area contributed by atoms with Gasteiger partial charge in [0, 0.05) is 23.5 Å². The molecule has 1 atom stereocenters. The lowest BCUT2D eigenvalue weighted by Crippen LogP contribution is -2.16. The van der Waals surface area contributed by atoms with Crippen LogP contribution in [0.2, 0.25) is 0 Å². The molecule has 1 unspecified atom stereocenters. The van der Waals surface area contributed by atoms with Crippen LogP contribution in [-0.4, -0.2) is 4.98 Å². The summed E-state index contributed by atoms with van der Waals surface area (Å²) in [6, 6.07) is 12.9. The van der Waals surface area contributed by atoms with Gasteiger partial charge in [-0.05, 0) is 50.1 Å². The van der Waals surface area contributed by atoms with Crippen LogP contribution >= 0.6 is 0 Å². The lowest BCUT2D eigenvalue weighted by molar-refractivity contribution is 0.921. The Balaban J connectivity index is 2.06. The largest absolute Gasteiger partial charge is 0.312 e. The molecule has 2 aromatic rings. The van der Waals surface area contributed by atoms with E-state index in [1.54, 1.807) is 0 Å². The van der Waals surface area contributed by atoms with Gasteiger partial charge in [-0.1, -0.05) is 48.9 Å². The lowest BCUT2D eigenvalue weighted by atomic mass is 10.1. The molecule has 1 heterocycles. The Labute approximate surface area is 144 Å². The Morgan fingerprint density at radius 3 is 2.42 bits per heavy atom. The molecule has 0 aliphatic heterocycles. The van der Waals surface area contributed by atoms with Crippen molar-refractivity contribution >= 4 is 11.4 Å². The van der Waals surface area contributed by atoms with Crippen LogP contribution in [0.4, 0.5) is 11.4 Å². The van der Waals surface area contributed by atoms with E-state index >= 15 is 0 Å². The molecule has 1 aromatic carbocycles. The maximum atomic E-state index is 4.49. The van der Waals surface area contributed by atoms with Crippen molar-refractivity contribution in [2.45, 2.75) is 27.2 Å². The van der Waals surface area contributed by atoms with Crippen molar-refractivity contribution in [3.63, 3.8) is 0 Å². The number of hydrogen-bond acceptors (Lipinski definition) is 2. The molecule has 2 nitrogen and oxygen atoms in total. The highest BCUT2D eigenvalue weighted by Crippen LogP contribution is 2.32. The van der Waals surface area contributed by atoms with Gasteiger partial charge in [-0.25, -0.2) is 0 Å². The van der Waals surface area contributed by atoms with Gasteiger partial charge >= 0.3 is 0 Å². The Morgan fingerprint density at radius 1 is 0.958 bits per heavy atom. The van der Waals surface area contributed by atoms with E-state index in [4.69, 9.17) is 0 Å². The summed E-state index contributed by atoms with van der Waals surface area (Å²) in [7, 11) is 0. The van der Waals surface area contributed by atoms with Gasteiger partial charge in [-0.3, -0.25) is 4.98 Å². The first-order chi connectivity index (χ1) is 11.6. The predicted molar refractivity (Wildman–Crippen MR) is 102 cm³/mol. The van der Waals surface area contributed by atoms with Gasteiger partial charge in [0.05, 0.1) is 11.9 Å². The molecule has 0 saturated carbocycles. The Kier molecular flexibility index (Phi) is 4.95. The highest BCUT2D eigenvalue weighted by molar-refractivity contribution is 5.68. The second-order valence-electron chi connectivity index (χ2n) is 6.36. The molecule has 122 valence electrons. The molecule has 0 fully saturated rings. The molecule has 0 bridgehead atoms. The highest BCUT2D eigenvalue weighted by Gasteiger charge is 2.14. The molecule has 0 saturated heterocycles. The summed E-state index contributed by atoms with van der Waals surface area (Å²) >= 11 is 0. The quantitative estimate of drug-likeness (QED) is 0.658. The predicted octanol–water partition coefficient (Wildman–Crippen LogP) is 5.87. The Hall–Kier alpha value is -2.61. The third kappa shape index (κ3) is 3.83. The fourth-order valence-corrected chi connectivity index (χ4v) is 2.81. The van der Waals surface area contributed by atoms with E-state index in [9.17, 15) is 0 Å². The number of hydrogen-bond donors (Lipinski definition) is 0. The van der Waals surface area contributed by atoms with Crippen LogP contribution in [0.3, 0.4) is 0 Å². The van der Waals surface area contributed by atoms with Crippen LogP contribution in [0.15, 0.2) is 78.7 Å². The lowest BCUT2D eigenvalue weighted by Gasteiger charge is -2.27. The average molecular weight is 316 g/mol. The maximum Gasteiger partial charge on any atom is 0.0642 e. The topological polar surface area (TPSA) is 16.1 Å². The molecule has 3 rings (SSSR count). The molecule has 0 N–H and O–H groups in total. The first kappa shape index (κ1) is 16.3. The molecular formula is C22H24N2. The van der Waals surface area contributed by atoms with Crippen LogP contribution in [0.25, 0.3) is 0 Å². The average Bonchev–Trinajstić information content (AvgIpc) is 2.56. The molecule has 0 radical (unpaired) electrons. The summed E-state index contributed by atoms with van der Waals surface area (Å²) in [6.07, 6.45) is 13.9. The van der Waals surface area contributed by atoms with Crippen LogP contribution < -0.4 is 4.90 Å². The van der Waals surface area contributed by atoms with Crippen molar-refractivity contribution < 1.29 is 0 Å². The van der Waals surface area contributed by atoms with Crippen LogP contribution in [0, 0.1) is 19.8 Å². The number of pyridine rings is 1. The number of aromatic nitrogens is 1. The fraction of sp³-hybridized carbons (Fsp3) is 0.227. The number of benzene rings is 1. The number of allylic oxidation sites excluding steroid dienone is 5. The summed E-state index contributed by atoms with van der Waals surface area (Å²) in [5.74, 6) is 0.483. The standard InChI is InChI=1S/C22H24N2/c1-17-6-4-8-20(9-5-7-17)24(21-13-10-18(2)11-14-21)22-15-12-19(3)23-16-22/h4-8,10-17H,9H2,1-3H3/b6-4?,7-5-,20-8+. The minimum atomic E-state index is 0.483. The zero-order valence-corrected chi connectivity index (χ0v) is 14.6. The van der Waals surface area contributed by atoms with Crippen molar-refractivity contribution in [3.05, 3.63) is 89.9 Å². The van der Waals surface area contributed by atoms with E-state index in [0.717, 1.165) is 23.5 Å². The highest BCUT2D eigenvalue weighted by atomic mass is 15.2. The number of anilines is 2. The van der Waals surface area contributed by atoms with Gasteiger partial charge in [0.1, 0.15) is 0 Å². The van der Waals surface area contributed by atoms with Crippen molar-refractivity contribution in [1.82, 2.24) is 4.98 Å². The van der Waals surface area contributed by atoms with E-state index in [1.807, 2.05) is 13.1 Å². The monoisotopic (exact) mass is 316 g/mol. The summed E-state index contributed by atoms with van der Waals surface area (Å²) < 4.78 is 0. The Morgan fingerprint density at radius 2 is 1.71 bits per heavy atom. The first-order valence-corrected chi connectivity index (χ1v) is 8.47. The van der Waals surface area contributed by atoms with Gasteiger partial charge in [-0.2, -0.15) is 0 Å². The van der Waals surface area contributed by atoms with Gasteiger partial charge < -0.3 is 4.90 Å². The molecule has 1 aliphatic carbocycles. The molecule has 2 heteroatoms. The molecule has 24 heavy (non-hydrogen) atoms. The normalized spacial score (nSPS) is 20.6. The van der Waals surface area contributed by atoms with Gasteiger partial charge in [-0.15, -0.1) is 0 Å². The second-order valence-corrected chi connectivity index (χ2v) is 6.36. The van der Waals surface area contributed by atoms with Crippen LogP contribution in [-0.2, 0) is 0 Å². The van der Waals surface area contributed by atoms with Gasteiger partial charge in [0.2, 0.25) is 0 Å². The third-order valence-electron chi connectivity index (χ3n) is 4.20. The zero-order chi connectivity index (χ0) is 16.9. The van der Waals surface area contributed by atoms with Crippen molar-refractivity contribution in [2.75, 3.05) is 4.90 Å². The van der Waals surface area contributed by atoms with Crippen molar-refractivity contribution in [2.24, 2.45) is 5.92 Å². The van der Waals surface area contributed by atoms with E-state index in [2.05, 4.69) is 90.5 Å². The van der Waals surface area contributed by atoms with E-state index < -0.39 is 0 Å². The van der Waals surface area contributed by atoms with Gasteiger partial charge in [0.25, 0.3) is 0 Å². The second kappa shape index (κ2) is 7.31. The molecule has 1 aromatic heterocycles. The SMILES string of the molecule is Cc1ccc(N(/C2=C/C=CC(C)/C=C\C2)c2ccc(C)nc2)cc1. The number of nitrogens with zero attached hydrogens (tertiary/aromatic N) is 2. The van der Waals surface area contributed by atoms with Crippen molar-refractivity contribution in [1.29, 1.82) is 0 Å². The minimum Gasteiger partial charge on any atom is -0.312 e. The summed E-state index contributed by atoms with van der Waals surface area (Å²) in [6.45, 7) is 6.33. The minimum absolute atomic E-state index is 0.483. The maximum absolute atomic E-state index is 4.49. The van der Waals surface area contributed by atoms with E-state index in [-0.39, 0.29) is 0 Å². The van der Waals surface area contributed by atoms with Gasteiger partial charge in [0.15, 0.2) is 0 Å². The first-order valence-electron chi connectivity index (χ1n) is 8.47. The number of rotatable bonds is 3. The fourth-order valence-electron chi connectivity index (χ4n) is 2.81.